The molecule has 0 saturated heterocycles. The summed E-state index contributed by atoms with van der Waals surface area (Å²) in [7, 11) is 0.802. The lowest BCUT2D eigenvalue weighted by atomic mass is 9.78. The largest absolute Gasteiger partial charge is 0.329 e. The average molecular weight is 372 g/mol. The maximum Gasteiger partial charge on any atom is 0.317 e. The predicted octanol–water partition coefficient (Wildman–Crippen LogP) is 3.50. The SMILES string of the molecule is CN(Cc1ccc(S(C)=O)cc1)C(=O)NC(c1ccccn1)C1CCC1. The average Bonchev–Trinajstić information content (AvgIpc) is 2.60. The molecule has 1 N–H and O–H groups in total. The molecule has 1 aliphatic rings. The fraction of sp³-hybridized carbons (Fsp3) is 0.400. The molecule has 2 unspecified atom stereocenters. The molecule has 1 heterocycles. The second-order valence-electron chi connectivity index (χ2n) is 6.83. The molecule has 6 heteroatoms. The number of amides is 2. The number of hydrogen-bond acceptors (Lipinski definition) is 3. The number of nitrogens with zero attached hydrogens (tertiary/aromatic N) is 2. The summed E-state index contributed by atoms with van der Waals surface area (Å²) >= 11 is 0. The van der Waals surface area contributed by atoms with Crippen molar-refractivity contribution >= 4 is 16.8 Å². The molecule has 1 aromatic heterocycles. The second kappa shape index (κ2) is 8.45. The van der Waals surface area contributed by atoms with Gasteiger partial charge in [0.1, 0.15) is 0 Å². The quantitative estimate of drug-likeness (QED) is 0.845. The Hall–Kier alpha value is -2.21. The molecule has 1 saturated carbocycles. The Balaban J connectivity index is 1.64. The van der Waals surface area contributed by atoms with Crippen LogP contribution in [0.4, 0.5) is 4.79 Å². The Kier molecular flexibility index (Phi) is 6.04. The van der Waals surface area contributed by atoms with E-state index in [1.54, 1.807) is 24.4 Å². The van der Waals surface area contributed by atoms with Crippen LogP contribution in [0.15, 0.2) is 53.6 Å². The van der Waals surface area contributed by atoms with Crippen molar-refractivity contribution in [2.24, 2.45) is 5.92 Å². The fourth-order valence-corrected chi connectivity index (χ4v) is 3.66. The topological polar surface area (TPSA) is 62.3 Å². The maximum atomic E-state index is 12.7. The van der Waals surface area contributed by atoms with Gasteiger partial charge in [-0.15, -0.1) is 0 Å². The van der Waals surface area contributed by atoms with Gasteiger partial charge in [-0.05, 0) is 48.6 Å². The Morgan fingerprint density at radius 3 is 2.54 bits per heavy atom. The smallest absolute Gasteiger partial charge is 0.317 e. The number of urea groups is 1. The first kappa shape index (κ1) is 18.6. The zero-order chi connectivity index (χ0) is 18.5. The van der Waals surface area contributed by atoms with Gasteiger partial charge in [0.15, 0.2) is 0 Å². The number of aromatic nitrogens is 1. The molecule has 1 aliphatic carbocycles. The summed E-state index contributed by atoms with van der Waals surface area (Å²) in [4.78, 5) is 19.6. The van der Waals surface area contributed by atoms with Gasteiger partial charge in [-0.1, -0.05) is 24.6 Å². The molecule has 1 aromatic carbocycles. The summed E-state index contributed by atoms with van der Waals surface area (Å²) in [6.07, 6.45) is 6.90. The standard InChI is InChI=1S/C20H25N3O2S/c1-23(14-15-9-11-17(12-10-15)26(2)25)20(24)22-19(16-6-5-7-16)18-8-3-4-13-21-18/h3-4,8-13,16,19H,5-7,14H2,1-2H3,(H,22,24). The number of carbonyl (C=O) groups excluding carboxylic acids is 1. The van der Waals surface area contributed by atoms with Gasteiger partial charge in [-0.3, -0.25) is 9.19 Å². The van der Waals surface area contributed by atoms with Crippen LogP contribution < -0.4 is 5.32 Å². The first-order chi connectivity index (χ1) is 12.5. The van der Waals surface area contributed by atoms with E-state index in [1.807, 2.05) is 42.5 Å². The lowest BCUT2D eigenvalue weighted by Crippen LogP contribution is -2.43. The summed E-state index contributed by atoms with van der Waals surface area (Å²) in [6.45, 7) is 0.502. The minimum Gasteiger partial charge on any atom is -0.329 e. The third-order valence-electron chi connectivity index (χ3n) is 4.93. The van der Waals surface area contributed by atoms with E-state index < -0.39 is 10.8 Å². The molecule has 0 aliphatic heterocycles. The predicted molar refractivity (Wildman–Crippen MR) is 103 cm³/mol. The van der Waals surface area contributed by atoms with Crippen LogP contribution in [0.25, 0.3) is 0 Å². The van der Waals surface area contributed by atoms with Crippen LogP contribution >= 0.6 is 0 Å². The monoisotopic (exact) mass is 371 g/mol. The van der Waals surface area contributed by atoms with Gasteiger partial charge in [0.2, 0.25) is 0 Å². The van der Waals surface area contributed by atoms with Crippen molar-refractivity contribution < 1.29 is 9.00 Å². The molecule has 2 amide bonds. The van der Waals surface area contributed by atoms with Gasteiger partial charge >= 0.3 is 6.03 Å². The van der Waals surface area contributed by atoms with Gasteiger partial charge in [-0.2, -0.15) is 0 Å². The van der Waals surface area contributed by atoms with Crippen molar-refractivity contribution in [3.8, 4) is 0 Å². The minimum atomic E-state index is -0.988. The minimum absolute atomic E-state index is 0.0372. The first-order valence-corrected chi connectivity index (χ1v) is 10.5. The summed E-state index contributed by atoms with van der Waals surface area (Å²) < 4.78 is 11.5. The highest BCUT2D eigenvalue weighted by Gasteiger charge is 2.31. The highest BCUT2D eigenvalue weighted by Crippen LogP contribution is 2.37. The van der Waals surface area contributed by atoms with Crippen LogP contribution in [0.1, 0.15) is 36.6 Å². The van der Waals surface area contributed by atoms with Crippen molar-refractivity contribution in [3.63, 3.8) is 0 Å². The van der Waals surface area contributed by atoms with Crippen molar-refractivity contribution in [2.75, 3.05) is 13.3 Å². The van der Waals surface area contributed by atoms with E-state index in [2.05, 4.69) is 10.3 Å². The maximum absolute atomic E-state index is 12.7. The lowest BCUT2D eigenvalue weighted by molar-refractivity contribution is 0.181. The van der Waals surface area contributed by atoms with Crippen LogP contribution in [-0.2, 0) is 17.3 Å². The Labute approximate surface area is 157 Å². The zero-order valence-corrected chi connectivity index (χ0v) is 16.0. The lowest BCUT2D eigenvalue weighted by Gasteiger charge is -2.35. The third-order valence-corrected chi connectivity index (χ3v) is 5.86. The number of benzene rings is 1. The molecule has 2 atom stereocenters. The number of carbonyl (C=O) groups is 1. The molecule has 0 radical (unpaired) electrons. The third kappa shape index (κ3) is 4.49. The Morgan fingerprint density at radius 1 is 1.27 bits per heavy atom. The van der Waals surface area contributed by atoms with E-state index in [0.29, 0.717) is 12.5 Å². The summed E-state index contributed by atoms with van der Waals surface area (Å²) in [5, 5.41) is 3.16. The Morgan fingerprint density at radius 2 is 2.00 bits per heavy atom. The van der Waals surface area contributed by atoms with Gasteiger partial charge < -0.3 is 10.2 Å². The fourth-order valence-electron chi connectivity index (χ4n) is 3.14. The molecule has 0 spiro atoms. The van der Waals surface area contributed by atoms with Crippen LogP contribution in [0.3, 0.4) is 0 Å². The molecule has 138 valence electrons. The van der Waals surface area contributed by atoms with Gasteiger partial charge in [0.05, 0.1) is 11.7 Å². The Bertz CT molecular complexity index is 760. The van der Waals surface area contributed by atoms with Crippen LogP contribution in [0.5, 0.6) is 0 Å². The van der Waals surface area contributed by atoms with E-state index >= 15 is 0 Å². The van der Waals surface area contributed by atoms with Crippen molar-refractivity contribution in [2.45, 2.75) is 36.7 Å². The molecule has 3 rings (SSSR count). The van der Waals surface area contributed by atoms with E-state index in [0.717, 1.165) is 29.0 Å². The van der Waals surface area contributed by atoms with E-state index in [-0.39, 0.29) is 12.1 Å². The molecule has 0 bridgehead atoms. The number of rotatable bonds is 6. The van der Waals surface area contributed by atoms with E-state index in [4.69, 9.17) is 0 Å². The van der Waals surface area contributed by atoms with Gasteiger partial charge in [0.25, 0.3) is 0 Å². The highest BCUT2D eigenvalue weighted by molar-refractivity contribution is 7.84. The van der Waals surface area contributed by atoms with Gasteiger partial charge in [0, 0.05) is 41.7 Å². The van der Waals surface area contributed by atoms with Crippen LogP contribution in [0.2, 0.25) is 0 Å². The highest BCUT2D eigenvalue weighted by atomic mass is 32.2. The van der Waals surface area contributed by atoms with E-state index in [1.165, 1.54) is 6.42 Å². The molecule has 2 aromatic rings. The van der Waals surface area contributed by atoms with Crippen molar-refractivity contribution in [1.29, 1.82) is 0 Å². The summed E-state index contributed by atoms with van der Waals surface area (Å²) in [5.74, 6) is 0.459. The first-order valence-electron chi connectivity index (χ1n) is 8.89. The van der Waals surface area contributed by atoms with Crippen LogP contribution in [0, 0.1) is 5.92 Å². The molecular weight excluding hydrogens is 346 g/mol. The summed E-state index contributed by atoms with van der Waals surface area (Å²) in [5.41, 5.74) is 1.93. The number of hydrogen-bond donors (Lipinski definition) is 1. The van der Waals surface area contributed by atoms with Gasteiger partial charge in [-0.25, -0.2) is 4.79 Å². The number of pyridine rings is 1. The van der Waals surface area contributed by atoms with Crippen molar-refractivity contribution in [1.82, 2.24) is 15.2 Å². The van der Waals surface area contributed by atoms with Crippen molar-refractivity contribution in [3.05, 3.63) is 59.9 Å². The molecule has 26 heavy (non-hydrogen) atoms. The normalized spacial score (nSPS) is 16.4. The summed E-state index contributed by atoms with van der Waals surface area (Å²) in [6, 6.07) is 13.2. The molecule has 5 nitrogen and oxygen atoms in total. The second-order valence-corrected chi connectivity index (χ2v) is 8.21. The van der Waals surface area contributed by atoms with E-state index in [9.17, 15) is 9.00 Å². The number of nitrogens with one attached hydrogen (secondary N) is 1. The molecule has 1 fully saturated rings. The van der Waals surface area contributed by atoms with Crippen LogP contribution in [-0.4, -0.2) is 33.4 Å². The molecular formula is C20H25N3O2S. The zero-order valence-electron chi connectivity index (χ0n) is 15.2.